The summed E-state index contributed by atoms with van der Waals surface area (Å²) in [6.45, 7) is 10.1. The Morgan fingerprint density at radius 2 is 1.85 bits per heavy atom. The number of rotatable bonds is 12. The maximum atomic E-state index is 5.41. The molecule has 1 heterocycles. The highest BCUT2D eigenvalue weighted by atomic mass is 16.5. The molecule has 6 nitrogen and oxygen atoms in total. The summed E-state index contributed by atoms with van der Waals surface area (Å²) in [4.78, 5) is 2.26. The number of hydrogen-bond donors (Lipinski definition) is 1. The normalized spacial score (nSPS) is 11.4. The fourth-order valence-corrected chi connectivity index (χ4v) is 1.86. The molecule has 0 amide bonds. The van der Waals surface area contributed by atoms with Crippen molar-refractivity contribution in [1.82, 2.24) is 15.4 Å². The van der Waals surface area contributed by atoms with Gasteiger partial charge in [-0.1, -0.05) is 5.16 Å². The highest BCUT2D eigenvalue weighted by Gasteiger charge is 2.10. The van der Waals surface area contributed by atoms with Crippen molar-refractivity contribution in [3.05, 3.63) is 17.5 Å². The van der Waals surface area contributed by atoms with E-state index < -0.39 is 0 Å². The van der Waals surface area contributed by atoms with Gasteiger partial charge in [0.25, 0.3) is 0 Å². The van der Waals surface area contributed by atoms with E-state index in [4.69, 9.17) is 14.0 Å². The summed E-state index contributed by atoms with van der Waals surface area (Å²) in [7, 11) is 1.89. The van der Waals surface area contributed by atoms with Crippen molar-refractivity contribution < 1.29 is 14.0 Å². The molecule has 116 valence electrons. The van der Waals surface area contributed by atoms with Gasteiger partial charge in [-0.05, 0) is 20.9 Å². The third kappa shape index (κ3) is 7.00. The third-order valence-corrected chi connectivity index (χ3v) is 2.86. The van der Waals surface area contributed by atoms with Gasteiger partial charge in [-0.25, -0.2) is 0 Å². The van der Waals surface area contributed by atoms with E-state index >= 15 is 0 Å². The highest BCUT2D eigenvalue weighted by molar-refractivity contribution is 5.04. The maximum absolute atomic E-state index is 5.41. The minimum atomic E-state index is 0.722. The lowest BCUT2D eigenvalue weighted by Crippen LogP contribution is -2.30. The van der Waals surface area contributed by atoms with Gasteiger partial charge in [-0.15, -0.1) is 0 Å². The lowest BCUT2D eigenvalue weighted by Gasteiger charge is -2.20. The molecule has 0 bridgehead atoms. The Morgan fingerprint density at radius 3 is 2.40 bits per heavy atom. The van der Waals surface area contributed by atoms with Crippen LogP contribution in [0.25, 0.3) is 0 Å². The molecule has 0 saturated carbocycles. The summed E-state index contributed by atoms with van der Waals surface area (Å²) in [6.07, 6.45) is 0. The Bertz CT molecular complexity index is 334. The number of aromatic nitrogens is 1. The topological polar surface area (TPSA) is 59.8 Å². The lowest BCUT2D eigenvalue weighted by atomic mass is 10.3. The summed E-state index contributed by atoms with van der Waals surface area (Å²) >= 11 is 0. The van der Waals surface area contributed by atoms with Gasteiger partial charge in [0, 0.05) is 38.9 Å². The van der Waals surface area contributed by atoms with Gasteiger partial charge < -0.3 is 19.3 Å². The van der Waals surface area contributed by atoms with Crippen LogP contribution in [0.3, 0.4) is 0 Å². The van der Waals surface area contributed by atoms with Gasteiger partial charge >= 0.3 is 0 Å². The van der Waals surface area contributed by atoms with Crippen molar-refractivity contribution in [2.75, 3.05) is 46.6 Å². The van der Waals surface area contributed by atoms with Gasteiger partial charge in [-0.2, -0.15) is 0 Å². The van der Waals surface area contributed by atoms with E-state index in [0.717, 1.165) is 64.1 Å². The standard InChI is InChI=1S/C14H27N3O3/c1-4-18-8-6-17(7-9-19-5-2)12-14-10-13(11-15-3)16-20-14/h10,15H,4-9,11-12H2,1-3H3. The first-order valence-corrected chi connectivity index (χ1v) is 7.27. The Hall–Kier alpha value is -0.950. The molecule has 0 saturated heterocycles. The largest absolute Gasteiger partial charge is 0.380 e. The number of nitrogens with one attached hydrogen (secondary N) is 1. The molecule has 6 heteroatoms. The zero-order chi connectivity index (χ0) is 14.6. The molecule has 1 N–H and O–H groups in total. The van der Waals surface area contributed by atoms with Crippen LogP contribution in [-0.4, -0.2) is 56.6 Å². The SMILES string of the molecule is CCOCCN(CCOCC)Cc1cc(CNC)no1. The van der Waals surface area contributed by atoms with E-state index in [1.807, 2.05) is 27.0 Å². The molecule has 0 atom stereocenters. The van der Waals surface area contributed by atoms with Crippen molar-refractivity contribution in [2.24, 2.45) is 0 Å². The molecule has 0 fully saturated rings. The molecule has 0 aliphatic rings. The molecule has 20 heavy (non-hydrogen) atoms. The Labute approximate surface area is 121 Å². The Balaban J connectivity index is 2.43. The van der Waals surface area contributed by atoms with Crippen LogP contribution in [-0.2, 0) is 22.6 Å². The van der Waals surface area contributed by atoms with Crippen molar-refractivity contribution >= 4 is 0 Å². The fourth-order valence-electron chi connectivity index (χ4n) is 1.86. The zero-order valence-electron chi connectivity index (χ0n) is 12.9. The van der Waals surface area contributed by atoms with Crippen molar-refractivity contribution in [3.8, 4) is 0 Å². The molecule has 1 aromatic rings. The predicted molar refractivity (Wildman–Crippen MR) is 77.5 cm³/mol. The second-order valence-corrected chi connectivity index (χ2v) is 4.48. The van der Waals surface area contributed by atoms with Gasteiger partial charge in [-0.3, -0.25) is 4.90 Å². The van der Waals surface area contributed by atoms with E-state index in [1.54, 1.807) is 0 Å². The van der Waals surface area contributed by atoms with E-state index in [2.05, 4.69) is 15.4 Å². The van der Waals surface area contributed by atoms with E-state index in [-0.39, 0.29) is 0 Å². The van der Waals surface area contributed by atoms with Crippen LogP contribution in [0, 0.1) is 0 Å². The molecule has 1 rings (SSSR count). The van der Waals surface area contributed by atoms with Crippen molar-refractivity contribution in [2.45, 2.75) is 26.9 Å². The van der Waals surface area contributed by atoms with Crippen LogP contribution >= 0.6 is 0 Å². The first-order valence-electron chi connectivity index (χ1n) is 7.27. The minimum absolute atomic E-state index is 0.722. The van der Waals surface area contributed by atoms with Gasteiger partial charge in [0.15, 0.2) is 5.76 Å². The van der Waals surface area contributed by atoms with E-state index in [1.165, 1.54) is 0 Å². The van der Waals surface area contributed by atoms with E-state index in [9.17, 15) is 0 Å². The Kier molecular flexibility index (Phi) is 9.23. The van der Waals surface area contributed by atoms with Crippen molar-refractivity contribution in [1.29, 1.82) is 0 Å². The molecule has 1 aromatic heterocycles. The fraction of sp³-hybridized carbons (Fsp3) is 0.786. The smallest absolute Gasteiger partial charge is 0.151 e. The predicted octanol–water partition coefficient (Wildman–Crippen LogP) is 1.27. The second-order valence-electron chi connectivity index (χ2n) is 4.48. The maximum Gasteiger partial charge on any atom is 0.151 e. The van der Waals surface area contributed by atoms with E-state index in [0.29, 0.717) is 0 Å². The molecular weight excluding hydrogens is 258 g/mol. The van der Waals surface area contributed by atoms with Crippen LogP contribution < -0.4 is 5.32 Å². The lowest BCUT2D eigenvalue weighted by molar-refractivity contribution is 0.0758. The zero-order valence-corrected chi connectivity index (χ0v) is 12.9. The second kappa shape index (κ2) is 10.8. The summed E-state index contributed by atoms with van der Waals surface area (Å²) in [5.74, 6) is 0.878. The molecule has 0 unspecified atom stereocenters. The highest BCUT2D eigenvalue weighted by Crippen LogP contribution is 2.07. The first kappa shape index (κ1) is 17.1. The average molecular weight is 285 g/mol. The third-order valence-electron chi connectivity index (χ3n) is 2.86. The molecule has 0 spiro atoms. The quantitative estimate of drug-likeness (QED) is 0.584. The monoisotopic (exact) mass is 285 g/mol. The molecule has 0 radical (unpaired) electrons. The summed E-state index contributed by atoms with van der Waals surface area (Å²) in [5.41, 5.74) is 0.928. The average Bonchev–Trinajstić information content (AvgIpc) is 2.87. The molecule has 0 aliphatic carbocycles. The van der Waals surface area contributed by atoms with Crippen molar-refractivity contribution in [3.63, 3.8) is 0 Å². The van der Waals surface area contributed by atoms with Gasteiger partial charge in [0.05, 0.1) is 25.5 Å². The van der Waals surface area contributed by atoms with Crippen LogP contribution in [0.4, 0.5) is 0 Å². The van der Waals surface area contributed by atoms with Gasteiger partial charge in [0.2, 0.25) is 0 Å². The number of ether oxygens (including phenoxy) is 2. The van der Waals surface area contributed by atoms with Crippen LogP contribution in [0.5, 0.6) is 0 Å². The molecule has 0 aliphatic heterocycles. The summed E-state index contributed by atoms with van der Waals surface area (Å²) < 4.78 is 16.2. The summed E-state index contributed by atoms with van der Waals surface area (Å²) in [6, 6.07) is 1.99. The van der Waals surface area contributed by atoms with Crippen LogP contribution in [0.2, 0.25) is 0 Å². The number of nitrogens with zero attached hydrogens (tertiary/aromatic N) is 2. The molecular formula is C14H27N3O3. The van der Waals surface area contributed by atoms with Crippen LogP contribution in [0.1, 0.15) is 25.3 Å². The molecule has 0 aromatic carbocycles. The summed E-state index contributed by atoms with van der Waals surface area (Å²) in [5, 5.41) is 7.08. The number of hydrogen-bond acceptors (Lipinski definition) is 6. The first-order chi connectivity index (χ1) is 9.80. The van der Waals surface area contributed by atoms with Crippen LogP contribution in [0.15, 0.2) is 10.6 Å². The Morgan fingerprint density at radius 1 is 1.20 bits per heavy atom. The minimum Gasteiger partial charge on any atom is -0.380 e. The van der Waals surface area contributed by atoms with Gasteiger partial charge in [0.1, 0.15) is 0 Å².